The van der Waals surface area contributed by atoms with E-state index in [1.165, 1.54) is 18.8 Å². The topological polar surface area (TPSA) is 95.5 Å². The standard InChI is InChI=1S/C11H16N2O4S2/c1-12-19(16,17)7-6-13-8-4-3-5-9(18-2)10(8)11(14)15/h3-5,12-13H,6-7H2,1-2H3,(H,14,15). The number of carbonyl (C=O) groups is 1. The number of nitrogens with one attached hydrogen (secondary N) is 2. The summed E-state index contributed by atoms with van der Waals surface area (Å²) in [6, 6.07) is 5.06. The van der Waals surface area contributed by atoms with Gasteiger partial charge in [-0.1, -0.05) is 6.07 Å². The predicted octanol–water partition coefficient (Wildman–Crippen LogP) is 1.07. The van der Waals surface area contributed by atoms with Crippen LogP contribution in [0.25, 0.3) is 0 Å². The van der Waals surface area contributed by atoms with Gasteiger partial charge in [0.1, 0.15) is 0 Å². The summed E-state index contributed by atoms with van der Waals surface area (Å²) >= 11 is 1.33. The molecule has 0 fully saturated rings. The minimum atomic E-state index is -3.30. The van der Waals surface area contributed by atoms with Gasteiger partial charge in [-0.3, -0.25) is 0 Å². The number of hydrogen-bond acceptors (Lipinski definition) is 5. The summed E-state index contributed by atoms with van der Waals surface area (Å²) in [4.78, 5) is 11.9. The van der Waals surface area contributed by atoms with Crippen LogP contribution in [0.2, 0.25) is 0 Å². The van der Waals surface area contributed by atoms with Gasteiger partial charge >= 0.3 is 5.97 Å². The molecular weight excluding hydrogens is 288 g/mol. The number of aromatic carboxylic acids is 1. The molecule has 0 spiro atoms. The fourth-order valence-electron chi connectivity index (χ4n) is 1.49. The average Bonchev–Trinajstić information content (AvgIpc) is 2.37. The Kier molecular flexibility index (Phi) is 5.64. The number of hydrogen-bond donors (Lipinski definition) is 3. The maximum atomic E-state index is 11.3. The van der Waals surface area contributed by atoms with Crippen molar-refractivity contribution in [3.8, 4) is 0 Å². The van der Waals surface area contributed by atoms with Crippen LogP contribution in [0.15, 0.2) is 23.1 Å². The Morgan fingerprint density at radius 3 is 2.63 bits per heavy atom. The lowest BCUT2D eigenvalue weighted by molar-refractivity contribution is 0.0694. The van der Waals surface area contributed by atoms with Crippen molar-refractivity contribution in [2.45, 2.75) is 4.90 Å². The molecule has 0 aliphatic carbocycles. The SMILES string of the molecule is CNS(=O)(=O)CCNc1cccc(SC)c1C(=O)O. The van der Waals surface area contributed by atoms with E-state index in [1.807, 2.05) is 0 Å². The van der Waals surface area contributed by atoms with E-state index in [0.717, 1.165) is 0 Å². The molecule has 0 aromatic heterocycles. The molecule has 1 aromatic carbocycles. The fraction of sp³-hybridized carbons (Fsp3) is 0.364. The van der Waals surface area contributed by atoms with Crippen LogP contribution in [-0.4, -0.2) is 45.1 Å². The second-order valence-corrected chi connectivity index (χ2v) is 6.53. The Labute approximate surface area is 116 Å². The first kappa shape index (κ1) is 15.8. The normalized spacial score (nSPS) is 11.3. The van der Waals surface area contributed by atoms with Crippen molar-refractivity contribution in [1.29, 1.82) is 0 Å². The molecule has 8 heteroatoms. The van der Waals surface area contributed by atoms with E-state index in [1.54, 1.807) is 24.5 Å². The highest BCUT2D eigenvalue weighted by Crippen LogP contribution is 2.26. The van der Waals surface area contributed by atoms with Crippen molar-refractivity contribution in [2.75, 3.05) is 30.9 Å². The lowest BCUT2D eigenvalue weighted by atomic mass is 10.2. The summed E-state index contributed by atoms with van der Waals surface area (Å²) < 4.78 is 24.7. The molecule has 0 atom stereocenters. The number of sulfonamides is 1. The van der Waals surface area contributed by atoms with Gasteiger partial charge in [-0.25, -0.2) is 17.9 Å². The van der Waals surface area contributed by atoms with E-state index in [0.29, 0.717) is 10.6 Å². The Bertz CT molecular complexity index is 558. The quantitative estimate of drug-likeness (QED) is 0.652. The molecule has 0 bridgehead atoms. The number of thioether (sulfide) groups is 1. The summed E-state index contributed by atoms with van der Waals surface area (Å²) in [5, 5.41) is 12.0. The monoisotopic (exact) mass is 304 g/mol. The van der Waals surface area contributed by atoms with Gasteiger partial charge in [0.25, 0.3) is 0 Å². The summed E-state index contributed by atoms with van der Waals surface area (Å²) in [7, 11) is -1.96. The molecule has 19 heavy (non-hydrogen) atoms. The molecule has 1 aromatic rings. The highest BCUT2D eigenvalue weighted by Gasteiger charge is 2.15. The lowest BCUT2D eigenvalue weighted by Crippen LogP contribution is -2.26. The molecule has 0 radical (unpaired) electrons. The molecule has 0 heterocycles. The van der Waals surface area contributed by atoms with Crippen LogP contribution in [0.3, 0.4) is 0 Å². The maximum absolute atomic E-state index is 11.3. The smallest absolute Gasteiger partial charge is 0.338 e. The van der Waals surface area contributed by atoms with Gasteiger partial charge in [-0.15, -0.1) is 11.8 Å². The van der Waals surface area contributed by atoms with Crippen LogP contribution in [0.4, 0.5) is 5.69 Å². The predicted molar refractivity (Wildman–Crippen MR) is 76.5 cm³/mol. The van der Waals surface area contributed by atoms with E-state index < -0.39 is 16.0 Å². The number of benzene rings is 1. The highest BCUT2D eigenvalue weighted by molar-refractivity contribution is 7.98. The van der Waals surface area contributed by atoms with Crippen molar-refractivity contribution in [3.63, 3.8) is 0 Å². The third-order valence-corrected chi connectivity index (χ3v) is 4.60. The van der Waals surface area contributed by atoms with Crippen LogP contribution >= 0.6 is 11.8 Å². The van der Waals surface area contributed by atoms with Gasteiger partial charge in [-0.05, 0) is 25.4 Å². The number of rotatable bonds is 7. The maximum Gasteiger partial charge on any atom is 0.338 e. The molecule has 1 rings (SSSR count). The van der Waals surface area contributed by atoms with E-state index in [-0.39, 0.29) is 17.9 Å². The summed E-state index contributed by atoms with van der Waals surface area (Å²) in [5.41, 5.74) is 0.586. The lowest BCUT2D eigenvalue weighted by Gasteiger charge is -2.12. The number of anilines is 1. The Hall–Kier alpha value is -1.25. The Morgan fingerprint density at radius 2 is 2.11 bits per heavy atom. The first-order valence-electron chi connectivity index (χ1n) is 5.46. The molecule has 0 saturated heterocycles. The molecule has 0 unspecified atom stereocenters. The first-order chi connectivity index (χ1) is 8.91. The number of carboxylic acid groups (broad SMARTS) is 1. The molecule has 106 valence electrons. The van der Waals surface area contributed by atoms with Crippen LogP contribution in [-0.2, 0) is 10.0 Å². The molecule has 3 N–H and O–H groups in total. The van der Waals surface area contributed by atoms with E-state index in [4.69, 9.17) is 0 Å². The van der Waals surface area contributed by atoms with Crippen molar-refractivity contribution >= 4 is 33.4 Å². The van der Waals surface area contributed by atoms with E-state index in [9.17, 15) is 18.3 Å². The fourth-order valence-corrected chi connectivity index (χ4v) is 2.68. The van der Waals surface area contributed by atoms with Crippen LogP contribution in [0.5, 0.6) is 0 Å². The number of carboxylic acids is 1. The Balaban J connectivity index is 2.87. The second kappa shape index (κ2) is 6.78. The summed E-state index contributed by atoms with van der Waals surface area (Å²) in [6.45, 7) is 0.140. The van der Waals surface area contributed by atoms with Gasteiger partial charge in [0.15, 0.2) is 0 Å². The van der Waals surface area contributed by atoms with Gasteiger partial charge in [0.05, 0.1) is 11.3 Å². The zero-order valence-electron chi connectivity index (χ0n) is 10.6. The highest BCUT2D eigenvalue weighted by atomic mass is 32.2. The van der Waals surface area contributed by atoms with Gasteiger partial charge in [0.2, 0.25) is 10.0 Å². The molecule has 0 aliphatic rings. The Morgan fingerprint density at radius 1 is 1.42 bits per heavy atom. The molecule has 6 nitrogen and oxygen atoms in total. The zero-order chi connectivity index (χ0) is 14.5. The molecule has 0 amide bonds. The largest absolute Gasteiger partial charge is 0.478 e. The molecule has 0 saturated carbocycles. The molecular formula is C11H16N2O4S2. The zero-order valence-corrected chi connectivity index (χ0v) is 12.3. The van der Waals surface area contributed by atoms with Crippen LogP contribution < -0.4 is 10.0 Å². The van der Waals surface area contributed by atoms with Gasteiger partial charge in [-0.2, -0.15) is 0 Å². The minimum absolute atomic E-state index is 0.119. The average molecular weight is 304 g/mol. The van der Waals surface area contributed by atoms with Crippen molar-refractivity contribution in [3.05, 3.63) is 23.8 Å². The molecule has 0 aliphatic heterocycles. The summed E-state index contributed by atoms with van der Waals surface area (Å²) in [6.07, 6.45) is 1.79. The van der Waals surface area contributed by atoms with E-state index in [2.05, 4.69) is 10.0 Å². The van der Waals surface area contributed by atoms with Gasteiger partial charge < -0.3 is 10.4 Å². The third-order valence-electron chi connectivity index (χ3n) is 2.46. The minimum Gasteiger partial charge on any atom is -0.478 e. The van der Waals surface area contributed by atoms with Crippen molar-refractivity contribution < 1.29 is 18.3 Å². The van der Waals surface area contributed by atoms with Gasteiger partial charge in [0, 0.05) is 17.1 Å². The summed E-state index contributed by atoms with van der Waals surface area (Å²) in [5.74, 6) is -1.16. The van der Waals surface area contributed by atoms with E-state index >= 15 is 0 Å². The van der Waals surface area contributed by atoms with Crippen molar-refractivity contribution in [2.24, 2.45) is 0 Å². The first-order valence-corrected chi connectivity index (χ1v) is 8.34. The van der Waals surface area contributed by atoms with Crippen LogP contribution in [0.1, 0.15) is 10.4 Å². The third kappa shape index (κ3) is 4.41. The second-order valence-electron chi connectivity index (χ2n) is 3.64. The van der Waals surface area contributed by atoms with Crippen molar-refractivity contribution in [1.82, 2.24) is 4.72 Å². The van der Waals surface area contributed by atoms with Crippen LogP contribution in [0, 0.1) is 0 Å².